The smallest absolute Gasteiger partial charge is 0.156 e. The number of hydrogen-bond donors (Lipinski definition) is 1. The lowest BCUT2D eigenvalue weighted by Crippen LogP contribution is -2.47. The number of aromatic nitrogens is 4. The van der Waals surface area contributed by atoms with E-state index in [2.05, 4.69) is 35.8 Å². The van der Waals surface area contributed by atoms with E-state index in [1.165, 1.54) is 0 Å². The lowest BCUT2D eigenvalue weighted by Gasteiger charge is -2.36. The second-order valence-corrected chi connectivity index (χ2v) is 6.62. The Morgan fingerprint density at radius 1 is 0.963 bits per heavy atom. The average molecular weight is 360 g/mol. The summed E-state index contributed by atoms with van der Waals surface area (Å²) in [6.07, 6.45) is 3.49. The van der Waals surface area contributed by atoms with Gasteiger partial charge >= 0.3 is 0 Å². The molecule has 0 bridgehead atoms. The fourth-order valence-corrected chi connectivity index (χ4v) is 3.72. The Bertz CT molecular complexity index is 1090. The molecule has 136 valence electrons. The first-order chi connectivity index (χ1) is 13.3. The van der Waals surface area contributed by atoms with Crippen molar-refractivity contribution in [1.82, 2.24) is 19.9 Å². The van der Waals surface area contributed by atoms with Crippen molar-refractivity contribution in [2.45, 2.75) is 0 Å². The SMILES string of the molecule is COc1ccc2c(c1)[nH]c1c(N3CCN(c4ccccn4)CC3)ncnc12. The van der Waals surface area contributed by atoms with Gasteiger partial charge in [-0.3, -0.25) is 0 Å². The van der Waals surface area contributed by atoms with Crippen LogP contribution in [0.3, 0.4) is 0 Å². The van der Waals surface area contributed by atoms with Crippen LogP contribution >= 0.6 is 0 Å². The number of fused-ring (bicyclic) bond motifs is 3. The van der Waals surface area contributed by atoms with E-state index in [-0.39, 0.29) is 0 Å². The van der Waals surface area contributed by atoms with E-state index >= 15 is 0 Å². The number of hydrogen-bond acceptors (Lipinski definition) is 6. The number of aromatic amines is 1. The predicted octanol–water partition coefficient (Wildman–Crippen LogP) is 2.84. The van der Waals surface area contributed by atoms with Crippen molar-refractivity contribution < 1.29 is 4.74 Å². The van der Waals surface area contributed by atoms with Crippen LogP contribution in [0.2, 0.25) is 0 Å². The van der Waals surface area contributed by atoms with Crippen LogP contribution in [0.4, 0.5) is 11.6 Å². The molecule has 4 heterocycles. The number of piperazine rings is 1. The number of pyridine rings is 1. The molecule has 0 aliphatic carbocycles. The van der Waals surface area contributed by atoms with Gasteiger partial charge in [0.05, 0.1) is 12.6 Å². The molecule has 1 aliphatic rings. The van der Waals surface area contributed by atoms with Crippen molar-refractivity contribution in [3.63, 3.8) is 0 Å². The number of nitrogens with one attached hydrogen (secondary N) is 1. The minimum atomic E-state index is 0.826. The topological polar surface area (TPSA) is 70.2 Å². The molecule has 1 saturated heterocycles. The number of nitrogens with zero attached hydrogens (tertiary/aromatic N) is 5. The van der Waals surface area contributed by atoms with E-state index in [9.17, 15) is 0 Å². The van der Waals surface area contributed by atoms with E-state index in [1.54, 1.807) is 13.4 Å². The van der Waals surface area contributed by atoms with E-state index in [0.717, 1.165) is 65.5 Å². The third-order valence-electron chi connectivity index (χ3n) is 5.12. The molecule has 1 aromatic carbocycles. The highest BCUT2D eigenvalue weighted by molar-refractivity contribution is 6.08. The van der Waals surface area contributed by atoms with Gasteiger partial charge in [-0.15, -0.1) is 0 Å². The van der Waals surface area contributed by atoms with Crippen LogP contribution in [0.25, 0.3) is 21.9 Å². The zero-order chi connectivity index (χ0) is 18.2. The highest BCUT2D eigenvalue weighted by atomic mass is 16.5. The summed E-state index contributed by atoms with van der Waals surface area (Å²) >= 11 is 0. The number of H-pyrrole nitrogens is 1. The molecule has 0 amide bonds. The van der Waals surface area contributed by atoms with Gasteiger partial charge in [-0.25, -0.2) is 15.0 Å². The van der Waals surface area contributed by atoms with Gasteiger partial charge in [-0.2, -0.15) is 0 Å². The van der Waals surface area contributed by atoms with Gasteiger partial charge in [0.1, 0.15) is 28.9 Å². The molecule has 1 N–H and O–H groups in total. The molecule has 7 nitrogen and oxygen atoms in total. The molecular formula is C20H20N6O. The maximum absolute atomic E-state index is 5.34. The lowest BCUT2D eigenvalue weighted by atomic mass is 10.2. The maximum atomic E-state index is 5.34. The largest absolute Gasteiger partial charge is 0.497 e. The summed E-state index contributed by atoms with van der Waals surface area (Å²) in [5.74, 6) is 2.81. The molecule has 3 aromatic heterocycles. The molecule has 0 unspecified atom stereocenters. The van der Waals surface area contributed by atoms with Crippen LogP contribution in [0, 0.1) is 0 Å². The third kappa shape index (κ3) is 2.71. The number of benzene rings is 1. The zero-order valence-corrected chi connectivity index (χ0v) is 15.1. The van der Waals surface area contributed by atoms with Gasteiger partial charge in [0.2, 0.25) is 0 Å². The van der Waals surface area contributed by atoms with Crippen molar-refractivity contribution in [3.8, 4) is 5.75 Å². The number of methoxy groups -OCH3 is 1. The summed E-state index contributed by atoms with van der Waals surface area (Å²) < 4.78 is 5.34. The van der Waals surface area contributed by atoms with Crippen LogP contribution in [-0.2, 0) is 0 Å². The van der Waals surface area contributed by atoms with Crippen molar-refractivity contribution in [3.05, 3.63) is 48.9 Å². The summed E-state index contributed by atoms with van der Waals surface area (Å²) in [5.41, 5.74) is 2.94. The Kier molecular flexibility index (Phi) is 3.78. The Morgan fingerprint density at radius 2 is 1.81 bits per heavy atom. The monoisotopic (exact) mass is 360 g/mol. The molecule has 4 aromatic rings. The van der Waals surface area contributed by atoms with Crippen molar-refractivity contribution in [2.24, 2.45) is 0 Å². The van der Waals surface area contributed by atoms with Crippen molar-refractivity contribution in [2.75, 3.05) is 43.1 Å². The number of anilines is 2. The third-order valence-corrected chi connectivity index (χ3v) is 5.12. The van der Waals surface area contributed by atoms with E-state index in [1.807, 2.05) is 36.5 Å². The Morgan fingerprint density at radius 3 is 2.59 bits per heavy atom. The van der Waals surface area contributed by atoms with Gasteiger partial charge in [0.15, 0.2) is 5.82 Å². The fourth-order valence-electron chi connectivity index (χ4n) is 3.72. The first kappa shape index (κ1) is 15.9. The minimum absolute atomic E-state index is 0.826. The normalized spacial score (nSPS) is 14.9. The van der Waals surface area contributed by atoms with Crippen LogP contribution < -0.4 is 14.5 Å². The van der Waals surface area contributed by atoms with Crippen LogP contribution in [0.1, 0.15) is 0 Å². The summed E-state index contributed by atoms with van der Waals surface area (Å²) in [7, 11) is 1.68. The molecule has 0 saturated carbocycles. The van der Waals surface area contributed by atoms with Crippen LogP contribution in [-0.4, -0.2) is 53.2 Å². The highest BCUT2D eigenvalue weighted by Gasteiger charge is 2.22. The van der Waals surface area contributed by atoms with Crippen molar-refractivity contribution in [1.29, 1.82) is 0 Å². The molecule has 1 aliphatic heterocycles. The first-order valence-corrected chi connectivity index (χ1v) is 9.05. The Hall–Kier alpha value is -3.35. The van der Waals surface area contributed by atoms with E-state index in [0.29, 0.717) is 0 Å². The molecule has 5 rings (SSSR count). The molecule has 0 radical (unpaired) electrons. The average Bonchev–Trinajstić information content (AvgIpc) is 3.12. The quantitative estimate of drug-likeness (QED) is 0.606. The van der Waals surface area contributed by atoms with E-state index < -0.39 is 0 Å². The summed E-state index contributed by atoms with van der Waals surface area (Å²) in [4.78, 5) is 21.7. The van der Waals surface area contributed by atoms with Gasteiger partial charge in [0, 0.05) is 43.8 Å². The number of ether oxygens (including phenoxy) is 1. The van der Waals surface area contributed by atoms with Gasteiger partial charge in [0.25, 0.3) is 0 Å². The minimum Gasteiger partial charge on any atom is -0.497 e. The molecule has 7 heteroatoms. The van der Waals surface area contributed by atoms with Gasteiger partial charge in [-0.05, 0) is 24.3 Å². The number of rotatable bonds is 3. The molecular weight excluding hydrogens is 340 g/mol. The Balaban J connectivity index is 1.47. The van der Waals surface area contributed by atoms with Crippen LogP contribution in [0.15, 0.2) is 48.9 Å². The maximum Gasteiger partial charge on any atom is 0.156 e. The summed E-state index contributed by atoms with van der Waals surface area (Å²) in [5, 5.41) is 1.08. The van der Waals surface area contributed by atoms with Gasteiger partial charge < -0.3 is 19.5 Å². The zero-order valence-electron chi connectivity index (χ0n) is 15.1. The summed E-state index contributed by atoms with van der Waals surface area (Å²) in [6.45, 7) is 3.61. The fraction of sp³-hybridized carbons (Fsp3) is 0.250. The highest BCUT2D eigenvalue weighted by Crippen LogP contribution is 2.31. The standard InChI is InChI=1S/C20H20N6O/c1-27-14-5-6-15-16(12-14)24-19-18(15)22-13-23-20(19)26-10-8-25(9-11-26)17-4-2-3-7-21-17/h2-7,12-13,24H,8-11H2,1H3. The van der Waals surface area contributed by atoms with Crippen LogP contribution in [0.5, 0.6) is 5.75 Å². The Labute approximate surface area is 156 Å². The summed E-state index contributed by atoms with van der Waals surface area (Å²) in [6, 6.07) is 12.0. The first-order valence-electron chi connectivity index (χ1n) is 9.05. The molecule has 1 fully saturated rings. The molecule has 27 heavy (non-hydrogen) atoms. The lowest BCUT2D eigenvalue weighted by molar-refractivity contribution is 0.415. The second kappa shape index (κ2) is 6.42. The second-order valence-electron chi connectivity index (χ2n) is 6.62. The van der Waals surface area contributed by atoms with Gasteiger partial charge in [-0.1, -0.05) is 6.07 Å². The van der Waals surface area contributed by atoms with E-state index in [4.69, 9.17) is 4.74 Å². The molecule has 0 atom stereocenters. The molecule has 0 spiro atoms. The predicted molar refractivity (Wildman–Crippen MR) is 107 cm³/mol. The van der Waals surface area contributed by atoms with Crippen molar-refractivity contribution >= 4 is 33.6 Å².